The van der Waals surface area contributed by atoms with E-state index in [2.05, 4.69) is 55.9 Å². The zero-order chi connectivity index (χ0) is 28.4. The van der Waals surface area contributed by atoms with Gasteiger partial charge in [0.05, 0.1) is 31.8 Å². The molecule has 12 nitrogen and oxygen atoms in total. The molecule has 0 aromatic carbocycles. The molecule has 2 aliphatic rings. The van der Waals surface area contributed by atoms with Gasteiger partial charge in [0.2, 0.25) is 5.95 Å². The fourth-order valence-corrected chi connectivity index (χ4v) is 4.99. The highest BCUT2D eigenvalue weighted by molar-refractivity contribution is 5.90. The van der Waals surface area contributed by atoms with E-state index in [0.29, 0.717) is 46.7 Å². The normalized spacial score (nSPS) is 18.7. The number of alkyl halides is 1. The number of ether oxygens (including phenoxy) is 2. The molecule has 40 heavy (non-hydrogen) atoms. The average Bonchev–Trinajstić information content (AvgIpc) is 3.66. The van der Waals surface area contributed by atoms with E-state index in [1.54, 1.807) is 25.7 Å². The number of nitrogens with zero attached hydrogens (tertiary/aromatic N) is 7. The van der Waals surface area contributed by atoms with Crippen LogP contribution in [0.2, 0.25) is 0 Å². The molecule has 0 bridgehead atoms. The van der Waals surface area contributed by atoms with Gasteiger partial charge in [0.15, 0.2) is 28.7 Å². The van der Waals surface area contributed by atoms with E-state index < -0.39 is 0 Å². The molecule has 212 valence electrons. The van der Waals surface area contributed by atoms with E-state index in [9.17, 15) is 4.39 Å². The van der Waals surface area contributed by atoms with Gasteiger partial charge >= 0.3 is 0 Å². The highest BCUT2D eigenvalue weighted by Crippen LogP contribution is 2.37. The second-order valence-electron chi connectivity index (χ2n) is 10.8. The lowest BCUT2D eigenvalue weighted by Crippen LogP contribution is -2.26. The van der Waals surface area contributed by atoms with Crippen molar-refractivity contribution < 1.29 is 13.9 Å². The predicted molar refractivity (Wildman–Crippen MR) is 153 cm³/mol. The number of anilines is 2. The maximum absolute atomic E-state index is 12.9. The van der Waals surface area contributed by atoms with E-state index >= 15 is 0 Å². The Morgan fingerprint density at radius 1 is 1.35 bits per heavy atom. The van der Waals surface area contributed by atoms with Crippen LogP contribution >= 0.6 is 0 Å². The lowest BCUT2D eigenvalue weighted by atomic mass is 9.91. The molecule has 0 saturated carbocycles. The highest BCUT2D eigenvalue weighted by Gasteiger charge is 2.30. The Morgan fingerprint density at radius 3 is 2.85 bits per heavy atom. The molecular formula is C27H35FN10O2. The van der Waals surface area contributed by atoms with Crippen LogP contribution in [0.4, 0.5) is 16.2 Å². The van der Waals surface area contributed by atoms with Gasteiger partial charge in [0, 0.05) is 56.3 Å². The second kappa shape index (κ2) is 11.1. The number of fused-ring (bicyclic) bond motifs is 1. The third-order valence-corrected chi connectivity index (χ3v) is 6.98. The Morgan fingerprint density at radius 2 is 2.17 bits per heavy atom. The van der Waals surface area contributed by atoms with Gasteiger partial charge in [0.25, 0.3) is 0 Å². The minimum Gasteiger partial charge on any atom is -0.491 e. The first kappa shape index (κ1) is 27.3. The third kappa shape index (κ3) is 5.28. The summed E-state index contributed by atoms with van der Waals surface area (Å²) in [6.07, 6.45) is 8.36. The number of pyridine rings is 1. The van der Waals surface area contributed by atoms with E-state index in [4.69, 9.17) is 20.0 Å². The largest absolute Gasteiger partial charge is 0.491 e. The van der Waals surface area contributed by atoms with Gasteiger partial charge in [-0.2, -0.15) is 10.1 Å². The van der Waals surface area contributed by atoms with Crippen molar-refractivity contribution in [2.24, 2.45) is 12.0 Å². The number of halogens is 1. The summed E-state index contributed by atoms with van der Waals surface area (Å²) in [5, 5.41) is 19.1. The molecule has 3 N–H and O–H groups in total. The van der Waals surface area contributed by atoms with Crippen molar-refractivity contribution in [3.8, 4) is 11.5 Å². The Hall–Kier alpha value is -4.26. The molecule has 5 rings (SSSR count). The third-order valence-electron chi connectivity index (χ3n) is 6.98. The molecule has 0 amide bonds. The van der Waals surface area contributed by atoms with E-state index in [-0.39, 0.29) is 23.9 Å². The molecule has 1 fully saturated rings. The number of hydrogen-bond donors (Lipinski definition) is 3. The Balaban J connectivity index is 1.47. The number of methoxy groups -OCH3 is 1. The summed E-state index contributed by atoms with van der Waals surface area (Å²) in [5.41, 5.74) is 2.57. The summed E-state index contributed by atoms with van der Waals surface area (Å²) >= 11 is 0. The zero-order valence-electron chi connectivity index (χ0n) is 23.4. The maximum Gasteiger partial charge on any atom is 0.211 e. The van der Waals surface area contributed by atoms with Crippen LogP contribution in [-0.2, 0) is 12.5 Å². The van der Waals surface area contributed by atoms with Crippen molar-refractivity contribution in [1.29, 1.82) is 5.41 Å². The molecule has 0 spiro atoms. The lowest BCUT2D eigenvalue weighted by Gasteiger charge is -2.23. The van der Waals surface area contributed by atoms with Gasteiger partial charge in [-0.15, -0.1) is 0 Å². The number of rotatable bonds is 9. The van der Waals surface area contributed by atoms with Crippen LogP contribution in [0.15, 0.2) is 41.1 Å². The minimum atomic E-state index is -0.343. The number of aliphatic imine (C=N–C) groups is 1. The minimum absolute atomic E-state index is 0.140. The molecule has 2 aliphatic heterocycles. The van der Waals surface area contributed by atoms with Crippen molar-refractivity contribution in [1.82, 2.24) is 34.5 Å². The maximum atomic E-state index is 12.9. The van der Waals surface area contributed by atoms with E-state index in [1.165, 1.54) is 6.20 Å². The van der Waals surface area contributed by atoms with Crippen LogP contribution in [0.1, 0.15) is 38.9 Å². The first-order valence-corrected chi connectivity index (χ1v) is 13.2. The van der Waals surface area contributed by atoms with Gasteiger partial charge in [-0.25, -0.2) is 9.37 Å². The Bertz CT molecular complexity index is 1500. The van der Waals surface area contributed by atoms with Crippen LogP contribution in [0.5, 0.6) is 11.5 Å². The summed E-state index contributed by atoms with van der Waals surface area (Å²) in [5.74, 6) is 2.21. The van der Waals surface area contributed by atoms with Crippen LogP contribution in [0, 0.1) is 5.41 Å². The molecule has 1 atom stereocenters. The number of aromatic nitrogens is 5. The van der Waals surface area contributed by atoms with Gasteiger partial charge < -0.3 is 30.1 Å². The van der Waals surface area contributed by atoms with E-state index in [0.717, 1.165) is 31.4 Å². The molecule has 1 unspecified atom stereocenters. The number of likely N-dealkylation sites (tertiary alicyclic amines) is 1. The summed E-state index contributed by atoms with van der Waals surface area (Å²) in [6.45, 7) is 8.22. The van der Waals surface area contributed by atoms with Crippen LogP contribution in [0.25, 0.3) is 11.2 Å². The number of hydrogen-bond acceptors (Lipinski definition) is 10. The number of aryl methyl sites for hydroxylation is 1. The Kier molecular flexibility index (Phi) is 7.57. The lowest BCUT2D eigenvalue weighted by molar-refractivity contribution is 0.282. The summed E-state index contributed by atoms with van der Waals surface area (Å²) in [6, 6.07) is 2.22. The second-order valence-corrected chi connectivity index (χ2v) is 10.8. The monoisotopic (exact) mass is 550 g/mol. The van der Waals surface area contributed by atoms with Crippen molar-refractivity contribution >= 4 is 35.4 Å². The number of imidazole rings is 1. The fourth-order valence-electron chi connectivity index (χ4n) is 4.99. The molecule has 13 heteroatoms. The molecule has 1 saturated heterocycles. The molecule has 5 heterocycles. The van der Waals surface area contributed by atoms with Crippen molar-refractivity contribution in [2.45, 2.75) is 38.6 Å². The molecule has 3 aromatic rings. The SMILES string of the molecule is COc1c(O/C(C=N)=C2\C=NC=CN2)cnc2nc(Nc3cc(C(C)(C)C)n(C4CCN(CCF)C4)n3)n(C)c12. The summed E-state index contributed by atoms with van der Waals surface area (Å²) in [4.78, 5) is 15.4. The fraction of sp³-hybridized carbons (Fsp3) is 0.444. The topological polar surface area (TPSA) is 130 Å². The quantitative estimate of drug-likeness (QED) is 0.271. The van der Waals surface area contributed by atoms with Crippen molar-refractivity contribution in [2.75, 3.05) is 38.7 Å². The summed E-state index contributed by atoms with van der Waals surface area (Å²) in [7, 11) is 3.41. The van der Waals surface area contributed by atoms with E-state index in [1.807, 2.05) is 17.7 Å². The van der Waals surface area contributed by atoms with Gasteiger partial charge in [-0.1, -0.05) is 20.8 Å². The van der Waals surface area contributed by atoms with Gasteiger partial charge in [-0.3, -0.25) is 14.6 Å². The van der Waals surface area contributed by atoms with Crippen molar-refractivity contribution in [3.05, 3.63) is 41.8 Å². The van der Waals surface area contributed by atoms with Crippen LogP contribution in [0.3, 0.4) is 0 Å². The Labute approximate surface area is 232 Å². The van der Waals surface area contributed by atoms with Crippen molar-refractivity contribution in [3.63, 3.8) is 0 Å². The standard InChI is InChI=1S/C27H35FN10O2/c1-27(2,3)21-12-22(35-38(21)17-6-10-37(16-17)11-7-28)33-26-34-25-23(36(26)4)24(39-5)20(15-32-25)40-19(13-29)18-14-30-8-9-31-18/h8-9,12-15,17,29,31H,6-7,10-11,16H2,1-5H3,(H,32,33,34,35)/b19-18+,29-13?. The first-order valence-electron chi connectivity index (χ1n) is 13.2. The van der Waals surface area contributed by atoms with Crippen LogP contribution < -0.4 is 20.1 Å². The average molecular weight is 551 g/mol. The molecular weight excluding hydrogens is 515 g/mol. The smallest absolute Gasteiger partial charge is 0.211 e. The summed E-state index contributed by atoms with van der Waals surface area (Å²) < 4.78 is 28.6. The highest BCUT2D eigenvalue weighted by atomic mass is 19.1. The number of allylic oxidation sites excluding steroid dienone is 2. The number of nitrogens with one attached hydrogen (secondary N) is 3. The first-order chi connectivity index (χ1) is 19.2. The predicted octanol–water partition coefficient (Wildman–Crippen LogP) is 3.82. The molecule has 3 aromatic heterocycles. The van der Waals surface area contributed by atoms with Gasteiger partial charge in [-0.05, 0) is 6.42 Å². The van der Waals surface area contributed by atoms with Gasteiger partial charge in [0.1, 0.15) is 17.9 Å². The molecule has 0 aliphatic carbocycles. The molecule has 0 radical (unpaired) electrons. The van der Waals surface area contributed by atoms with Crippen LogP contribution in [-0.4, -0.2) is 75.1 Å². The zero-order valence-corrected chi connectivity index (χ0v) is 23.4.